The summed E-state index contributed by atoms with van der Waals surface area (Å²) in [4.78, 5) is 55.1. The Labute approximate surface area is 847 Å². The van der Waals surface area contributed by atoms with E-state index in [4.69, 9.17) is 14.7 Å². The number of carbonyl (C=O) groups excluding carboxylic acids is 4. The minimum absolute atomic E-state index is 0. The predicted molar refractivity (Wildman–Crippen MR) is 580 cm³/mol. The maximum atomic E-state index is 13.0. The first-order chi connectivity index (χ1) is 66.5. The van der Waals surface area contributed by atoms with Gasteiger partial charge < -0.3 is 29.5 Å². The molecular formula is C122H116BrN3O8P4Pd. The Bertz CT molecular complexity index is 5850. The number of hydrogen-bond donors (Lipinski definition) is 2. The quantitative estimate of drug-likeness (QED) is 0.0710. The van der Waals surface area contributed by atoms with Gasteiger partial charge >= 0.3 is 0 Å². The fourth-order valence-electron chi connectivity index (χ4n) is 17.9. The molecule has 4 heterocycles. The third kappa shape index (κ3) is 27.2. The van der Waals surface area contributed by atoms with Gasteiger partial charge in [0.25, 0.3) is 11.8 Å². The fourth-order valence-corrected chi connectivity index (χ4v) is 27.4. The average molecular weight is 2060 g/mol. The Hall–Kier alpha value is -12.3. The number of benzene rings is 16. The van der Waals surface area contributed by atoms with Crippen LogP contribution in [-0.2, 0) is 31.6 Å². The Balaban J connectivity index is 0.000000142. The van der Waals surface area contributed by atoms with Gasteiger partial charge in [-0.2, -0.15) is 5.26 Å². The minimum Gasteiger partial charge on any atom is -0.486 e. The van der Waals surface area contributed by atoms with Crippen molar-refractivity contribution in [1.82, 2.24) is 9.80 Å². The molecule has 0 saturated carbocycles. The summed E-state index contributed by atoms with van der Waals surface area (Å²) >= 11 is 3.41. The third-order valence-corrected chi connectivity index (χ3v) is 34.9. The Morgan fingerprint density at radius 1 is 0.331 bits per heavy atom. The smallest absolute Gasteiger partial charge is 0.253 e. The zero-order chi connectivity index (χ0) is 95.7. The molecule has 20 rings (SSSR count). The summed E-state index contributed by atoms with van der Waals surface area (Å²) in [5.74, 6) is 1.15. The molecule has 2 N–H and O–H groups in total. The molecule has 0 bridgehead atoms. The van der Waals surface area contributed by atoms with Crippen LogP contribution in [0.25, 0.3) is 0 Å². The molecule has 11 nitrogen and oxygen atoms in total. The van der Waals surface area contributed by atoms with Crippen LogP contribution in [-0.4, -0.2) is 80.8 Å². The molecule has 0 radical (unpaired) electrons. The summed E-state index contributed by atoms with van der Waals surface area (Å²) in [7, 11) is -1.78. The van der Waals surface area contributed by atoms with Gasteiger partial charge in [-0.05, 0) is 220 Å². The summed E-state index contributed by atoms with van der Waals surface area (Å²) < 4.78 is 13.4. The van der Waals surface area contributed by atoms with Crippen molar-refractivity contribution in [3.63, 3.8) is 0 Å². The van der Waals surface area contributed by atoms with E-state index < -0.39 is 54.1 Å². The molecule has 704 valence electrons. The molecule has 0 aliphatic carbocycles. The van der Waals surface area contributed by atoms with Crippen molar-refractivity contribution in [2.24, 2.45) is 0 Å². The largest absolute Gasteiger partial charge is 0.486 e. The van der Waals surface area contributed by atoms with E-state index in [2.05, 4.69) is 386 Å². The van der Waals surface area contributed by atoms with Crippen molar-refractivity contribution >= 4 is 135 Å². The molecular weight excluding hydrogens is 1950 g/mol. The molecule has 0 atom stereocenters. The number of Topliss-reactive ketones (excluding diaryl/α,β-unsaturated/α-hetero) is 2. The number of aryl methyl sites for hydroxylation is 2. The SMILES string of the molecule is C.Cc1cc(C(=O)N2CCC3(CC2)CC(=O)c2cc(Br)ccc2O3)ccc1C(C)(C)O.Cc1cc(C(=O)N2CCC3(CC2)CC(=O)c2cc(C#N)ccc2O3)ccc1C(C)(C)O.[Pd].c1ccc(P(c2ccccc2)c2ccccc2)cc1.c1ccc(P(c2ccccc2)c2ccccc2)cc1.c1ccc(P(c2ccccc2)c2ccccc2)cc1.c1ccc(P(c2ccccc2)c2ccccc2)cc1. The second-order valence-corrected chi connectivity index (χ2v) is 45.2. The van der Waals surface area contributed by atoms with Crippen LogP contribution in [0.3, 0.4) is 0 Å². The molecule has 16 aromatic rings. The van der Waals surface area contributed by atoms with Gasteiger partial charge in [-0.1, -0.05) is 399 Å². The molecule has 2 saturated heterocycles. The molecule has 4 aliphatic heterocycles. The number of hydrogen-bond acceptors (Lipinski definition) is 9. The maximum Gasteiger partial charge on any atom is 0.253 e. The summed E-state index contributed by atoms with van der Waals surface area (Å²) in [6.45, 7) is 12.8. The van der Waals surface area contributed by atoms with Crippen molar-refractivity contribution in [1.29, 1.82) is 5.26 Å². The number of carbonyl (C=O) groups is 4. The van der Waals surface area contributed by atoms with Crippen molar-refractivity contribution in [2.45, 2.75) is 110 Å². The van der Waals surface area contributed by atoms with Crippen molar-refractivity contribution < 1.29 is 59.3 Å². The van der Waals surface area contributed by atoms with Gasteiger partial charge in [0.15, 0.2) is 11.6 Å². The van der Waals surface area contributed by atoms with Gasteiger partial charge in [-0.3, -0.25) is 19.2 Å². The number of ketones is 2. The minimum atomic E-state index is -0.960. The van der Waals surface area contributed by atoms with E-state index in [0.717, 1.165) is 26.7 Å². The maximum absolute atomic E-state index is 13.0. The molecule has 139 heavy (non-hydrogen) atoms. The van der Waals surface area contributed by atoms with E-state index in [1.807, 2.05) is 61.2 Å². The zero-order valence-electron chi connectivity index (χ0n) is 78.3. The van der Waals surface area contributed by atoms with Gasteiger partial charge in [0.1, 0.15) is 22.7 Å². The van der Waals surface area contributed by atoms with Gasteiger partial charge in [-0.25, -0.2) is 0 Å². The molecule has 2 fully saturated rings. The predicted octanol–water partition coefficient (Wildman–Crippen LogP) is 22.8. The number of halogens is 1. The Morgan fingerprint density at radius 3 is 0.755 bits per heavy atom. The Morgan fingerprint density at radius 2 is 0.547 bits per heavy atom. The third-order valence-electron chi connectivity index (χ3n) is 24.6. The fraction of sp³-hybridized carbons (Fsp3) is 0.172. The molecule has 2 amide bonds. The number of amides is 2. The second-order valence-electron chi connectivity index (χ2n) is 35.4. The molecule has 4 aliphatic rings. The first kappa shape index (κ1) is 104. The monoisotopic (exact) mass is 2060 g/mol. The molecule has 17 heteroatoms. The first-order valence-corrected chi connectivity index (χ1v) is 52.5. The molecule has 0 unspecified atom stereocenters. The molecule has 16 aromatic carbocycles. The van der Waals surface area contributed by atoms with Gasteiger partial charge in [0.05, 0.1) is 46.8 Å². The normalized spacial score (nSPS) is 13.6. The topological polar surface area (TPSA) is 157 Å². The van der Waals surface area contributed by atoms with Crippen LogP contribution in [0.2, 0.25) is 0 Å². The summed E-state index contributed by atoms with van der Waals surface area (Å²) in [5.41, 5.74) is 3.09. The van der Waals surface area contributed by atoms with E-state index in [-0.39, 0.29) is 57.7 Å². The van der Waals surface area contributed by atoms with Crippen LogP contribution >= 0.6 is 47.6 Å². The van der Waals surface area contributed by atoms with Gasteiger partial charge in [0, 0.05) is 87.9 Å². The average Bonchev–Trinajstić information content (AvgIpc) is 0.766. The standard InChI is InChI=1S/C25H26N2O4.C24H26BrNO4.4C18H15P.CH4.Pd/c1-16-12-18(5-6-20(16)24(2,3)30)23(29)27-10-8-25(9-11-27)14-21(28)19-13-17(15-26)4-7-22(19)31-25;1-15-12-16(4-6-19(15)23(2,3)29)22(28)26-10-8-24(9-11-26)14-20(27)18-13-17(25)5-7-21(18)30-24;4*1-4-10-16(11-5-1)19(17-12-6-2-7-13-17)18-14-8-3-9-15-18;;/h4-7,12-13,30H,8-11,14H2,1-3H3;4-7,12-13,29H,8-11,14H2,1-3H3;4*1-15H;1H4;. The molecule has 2 spiro atoms. The van der Waals surface area contributed by atoms with Crippen molar-refractivity contribution in [3.8, 4) is 17.6 Å². The number of piperidine rings is 2. The molecule has 0 aromatic heterocycles. The number of rotatable bonds is 16. The number of likely N-dealkylation sites (tertiary alicyclic amines) is 2. The van der Waals surface area contributed by atoms with Crippen LogP contribution in [0.5, 0.6) is 11.5 Å². The van der Waals surface area contributed by atoms with E-state index in [1.165, 1.54) is 63.7 Å². The number of nitrogens with zero attached hydrogens (tertiary/aromatic N) is 3. The van der Waals surface area contributed by atoms with Crippen LogP contribution in [0.1, 0.15) is 143 Å². The second kappa shape index (κ2) is 49.5. The summed E-state index contributed by atoms with van der Waals surface area (Å²) in [5, 5.41) is 46.4. The van der Waals surface area contributed by atoms with Crippen LogP contribution < -0.4 is 73.1 Å². The summed E-state index contributed by atoms with van der Waals surface area (Å²) in [6.07, 6.45) is 3.00. The van der Waals surface area contributed by atoms with E-state index in [1.54, 1.807) is 62.9 Å². The van der Waals surface area contributed by atoms with Gasteiger partial charge in [0.2, 0.25) is 0 Å². The van der Waals surface area contributed by atoms with Crippen LogP contribution in [0.15, 0.2) is 441 Å². The number of fused-ring (bicyclic) bond motifs is 2. The van der Waals surface area contributed by atoms with Crippen LogP contribution in [0, 0.1) is 25.2 Å². The summed E-state index contributed by atoms with van der Waals surface area (Å²) in [6, 6.07) is 153. The van der Waals surface area contributed by atoms with Crippen molar-refractivity contribution in [3.05, 3.63) is 491 Å². The van der Waals surface area contributed by atoms with Gasteiger partial charge in [-0.15, -0.1) is 0 Å². The number of ether oxygens (including phenoxy) is 2. The number of nitriles is 1. The van der Waals surface area contributed by atoms with E-state index in [9.17, 15) is 29.4 Å². The first-order valence-electron chi connectivity index (χ1n) is 46.3. The van der Waals surface area contributed by atoms with Crippen molar-refractivity contribution in [2.75, 3.05) is 26.2 Å². The Kier molecular flexibility index (Phi) is 37.0. The zero-order valence-corrected chi connectivity index (χ0v) is 85.0. The van der Waals surface area contributed by atoms with Crippen LogP contribution in [0.4, 0.5) is 0 Å². The van der Waals surface area contributed by atoms with E-state index >= 15 is 0 Å². The number of aliphatic hydroxyl groups is 2. The van der Waals surface area contributed by atoms with E-state index in [0.29, 0.717) is 97.6 Å².